The normalized spacial score (nSPS) is 22.2. The molecule has 4 heteroatoms. The molecule has 1 amide bonds. The van der Waals surface area contributed by atoms with Crippen molar-refractivity contribution in [2.75, 3.05) is 26.3 Å². The number of carbonyl (C=O) groups is 1. The monoisotopic (exact) mass is 254 g/mol. The summed E-state index contributed by atoms with van der Waals surface area (Å²) in [6, 6.07) is 0.322. The van der Waals surface area contributed by atoms with Gasteiger partial charge in [0.2, 0.25) is 5.91 Å². The van der Waals surface area contributed by atoms with Crippen LogP contribution in [0.5, 0.6) is 0 Å². The third-order valence-electron chi connectivity index (χ3n) is 4.08. The van der Waals surface area contributed by atoms with E-state index in [0.29, 0.717) is 12.6 Å². The minimum absolute atomic E-state index is 0.133. The van der Waals surface area contributed by atoms with Crippen molar-refractivity contribution in [3.8, 4) is 0 Å². The molecule has 4 nitrogen and oxygen atoms in total. The first kappa shape index (κ1) is 13.8. The van der Waals surface area contributed by atoms with Crippen LogP contribution >= 0.6 is 0 Å². The molecule has 2 aliphatic rings. The molecule has 0 aromatic heterocycles. The van der Waals surface area contributed by atoms with Gasteiger partial charge in [-0.15, -0.1) is 0 Å². The second kappa shape index (κ2) is 7.74. The Morgan fingerprint density at radius 2 is 1.83 bits per heavy atom. The zero-order valence-corrected chi connectivity index (χ0v) is 11.2. The molecule has 0 bridgehead atoms. The number of carbonyl (C=O) groups excluding carboxylic acids is 1. The van der Waals surface area contributed by atoms with Crippen molar-refractivity contribution in [3.63, 3.8) is 0 Å². The van der Waals surface area contributed by atoms with Crippen LogP contribution in [0.25, 0.3) is 0 Å². The fraction of sp³-hybridized carbons (Fsp3) is 0.929. The first-order valence-corrected chi connectivity index (χ1v) is 7.42. The Morgan fingerprint density at radius 3 is 2.56 bits per heavy atom. The van der Waals surface area contributed by atoms with Gasteiger partial charge in [0, 0.05) is 19.3 Å². The highest BCUT2D eigenvalue weighted by molar-refractivity contribution is 5.78. The third-order valence-corrected chi connectivity index (χ3v) is 4.08. The summed E-state index contributed by atoms with van der Waals surface area (Å²) >= 11 is 0. The highest BCUT2D eigenvalue weighted by atomic mass is 16.5. The summed E-state index contributed by atoms with van der Waals surface area (Å²) in [5, 5.41) is 6.32. The maximum Gasteiger partial charge on any atom is 0.234 e. The highest BCUT2D eigenvalue weighted by Gasteiger charge is 2.16. The molecule has 0 atom stereocenters. The fourth-order valence-electron chi connectivity index (χ4n) is 2.93. The number of ether oxygens (including phenoxy) is 1. The van der Waals surface area contributed by atoms with Crippen LogP contribution in [-0.2, 0) is 9.53 Å². The van der Waals surface area contributed by atoms with Crippen LogP contribution in [-0.4, -0.2) is 38.3 Å². The first-order valence-electron chi connectivity index (χ1n) is 7.42. The van der Waals surface area contributed by atoms with Crippen molar-refractivity contribution in [2.24, 2.45) is 5.92 Å². The lowest BCUT2D eigenvalue weighted by molar-refractivity contribution is -0.121. The SMILES string of the molecule is O=C(CNCCC1CCCC1)NC1CCOCC1. The van der Waals surface area contributed by atoms with Gasteiger partial charge in [-0.05, 0) is 31.7 Å². The molecule has 1 saturated heterocycles. The molecular formula is C14H26N2O2. The van der Waals surface area contributed by atoms with E-state index in [1.807, 2.05) is 0 Å². The van der Waals surface area contributed by atoms with Crippen LogP contribution < -0.4 is 10.6 Å². The van der Waals surface area contributed by atoms with Crippen LogP contribution in [0.15, 0.2) is 0 Å². The molecule has 0 unspecified atom stereocenters. The first-order chi connectivity index (χ1) is 8.84. The Morgan fingerprint density at radius 1 is 1.11 bits per heavy atom. The van der Waals surface area contributed by atoms with Crippen molar-refractivity contribution in [2.45, 2.75) is 51.0 Å². The predicted octanol–water partition coefficient (Wildman–Crippen LogP) is 1.45. The van der Waals surface area contributed by atoms with Crippen molar-refractivity contribution in [1.29, 1.82) is 0 Å². The lowest BCUT2D eigenvalue weighted by atomic mass is 10.0. The van der Waals surface area contributed by atoms with Gasteiger partial charge in [0.25, 0.3) is 0 Å². The smallest absolute Gasteiger partial charge is 0.234 e. The second-order valence-electron chi connectivity index (χ2n) is 5.57. The molecule has 1 saturated carbocycles. The van der Waals surface area contributed by atoms with E-state index in [1.165, 1.54) is 32.1 Å². The highest BCUT2D eigenvalue weighted by Crippen LogP contribution is 2.26. The molecule has 2 rings (SSSR count). The van der Waals surface area contributed by atoms with Gasteiger partial charge in [0.05, 0.1) is 6.54 Å². The third kappa shape index (κ3) is 4.94. The van der Waals surface area contributed by atoms with E-state index in [-0.39, 0.29) is 5.91 Å². The molecule has 0 aromatic carbocycles. The molecule has 1 aliphatic carbocycles. The van der Waals surface area contributed by atoms with Crippen molar-refractivity contribution >= 4 is 5.91 Å². The average molecular weight is 254 g/mol. The summed E-state index contributed by atoms with van der Waals surface area (Å²) in [6.07, 6.45) is 8.70. The van der Waals surface area contributed by atoms with Gasteiger partial charge < -0.3 is 15.4 Å². The van der Waals surface area contributed by atoms with Crippen LogP contribution in [0.1, 0.15) is 44.9 Å². The molecule has 0 radical (unpaired) electrons. The zero-order valence-electron chi connectivity index (χ0n) is 11.2. The van der Waals surface area contributed by atoms with Gasteiger partial charge in [-0.3, -0.25) is 4.79 Å². The number of rotatable bonds is 6. The largest absolute Gasteiger partial charge is 0.381 e. The van der Waals surface area contributed by atoms with Crippen LogP contribution in [0.2, 0.25) is 0 Å². The van der Waals surface area contributed by atoms with Gasteiger partial charge in [0.1, 0.15) is 0 Å². The Bertz CT molecular complexity index is 246. The quantitative estimate of drug-likeness (QED) is 0.705. The molecule has 1 aliphatic heterocycles. The van der Waals surface area contributed by atoms with Crippen LogP contribution in [0.3, 0.4) is 0 Å². The van der Waals surface area contributed by atoms with Gasteiger partial charge in [-0.2, -0.15) is 0 Å². The summed E-state index contributed by atoms with van der Waals surface area (Å²) in [4.78, 5) is 11.7. The molecule has 2 fully saturated rings. The summed E-state index contributed by atoms with van der Waals surface area (Å²) in [6.45, 7) is 3.00. The molecule has 0 aromatic rings. The topological polar surface area (TPSA) is 50.4 Å². The predicted molar refractivity (Wildman–Crippen MR) is 71.4 cm³/mol. The van der Waals surface area contributed by atoms with E-state index in [1.54, 1.807) is 0 Å². The maximum absolute atomic E-state index is 11.7. The van der Waals surface area contributed by atoms with Gasteiger partial charge in [-0.1, -0.05) is 25.7 Å². The van der Waals surface area contributed by atoms with Crippen LogP contribution in [0.4, 0.5) is 0 Å². The van der Waals surface area contributed by atoms with E-state index in [9.17, 15) is 4.79 Å². The number of hydrogen-bond donors (Lipinski definition) is 2. The Kier molecular flexibility index (Phi) is 5.94. The van der Waals surface area contributed by atoms with Crippen molar-refractivity contribution in [1.82, 2.24) is 10.6 Å². The summed E-state index contributed by atoms with van der Waals surface area (Å²) < 4.78 is 5.27. The van der Waals surface area contributed by atoms with Gasteiger partial charge in [0.15, 0.2) is 0 Å². The fourth-order valence-corrected chi connectivity index (χ4v) is 2.93. The number of hydrogen-bond acceptors (Lipinski definition) is 3. The van der Waals surface area contributed by atoms with Crippen LogP contribution in [0, 0.1) is 5.92 Å². The summed E-state index contributed by atoms with van der Waals surface area (Å²) in [7, 11) is 0. The van der Waals surface area contributed by atoms with Gasteiger partial charge in [-0.25, -0.2) is 0 Å². The standard InChI is InChI=1S/C14H26N2O2/c17-14(16-13-6-9-18-10-7-13)11-15-8-5-12-3-1-2-4-12/h12-13,15H,1-11H2,(H,16,17). The van der Waals surface area contributed by atoms with E-state index in [2.05, 4.69) is 10.6 Å². The Balaban J connectivity index is 1.48. The minimum Gasteiger partial charge on any atom is -0.381 e. The van der Waals surface area contributed by atoms with Gasteiger partial charge >= 0.3 is 0 Å². The summed E-state index contributed by atoms with van der Waals surface area (Å²) in [5.74, 6) is 1.03. The van der Waals surface area contributed by atoms with E-state index in [4.69, 9.17) is 4.74 Å². The Hall–Kier alpha value is -0.610. The summed E-state index contributed by atoms with van der Waals surface area (Å²) in [5.41, 5.74) is 0. The second-order valence-corrected chi connectivity index (χ2v) is 5.57. The van der Waals surface area contributed by atoms with E-state index in [0.717, 1.165) is 38.5 Å². The molecule has 0 spiro atoms. The molecular weight excluding hydrogens is 228 g/mol. The number of nitrogens with one attached hydrogen (secondary N) is 2. The molecule has 18 heavy (non-hydrogen) atoms. The van der Waals surface area contributed by atoms with E-state index >= 15 is 0 Å². The maximum atomic E-state index is 11.7. The van der Waals surface area contributed by atoms with Crippen molar-refractivity contribution in [3.05, 3.63) is 0 Å². The molecule has 1 heterocycles. The zero-order chi connectivity index (χ0) is 12.6. The minimum atomic E-state index is 0.133. The lowest BCUT2D eigenvalue weighted by Crippen LogP contribution is -2.43. The average Bonchev–Trinajstić information content (AvgIpc) is 2.89. The molecule has 104 valence electrons. The molecule has 2 N–H and O–H groups in total. The van der Waals surface area contributed by atoms with E-state index < -0.39 is 0 Å². The van der Waals surface area contributed by atoms with Crippen molar-refractivity contribution < 1.29 is 9.53 Å². The Labute approximate surface area is 110 Å². The lowest BCUT2D eigenvalue weighted by Gasteiger charge is -2.23. The number of amides is 1.